The lowest BCUT2D eigenvalue weighted by molar-refractivity contribution is 0.0643. The summed E-state index contributed by atoms with van der Waals surface area (Å²) < 4.78 is 16.3. The molecule has 0 aliphatic carbocycles. The Bertz CT molecular complexity index is 371. The van der Waals surface area contributed by atoms with Crippen LogP contribution in [0, 0.1) is 0 Å². The SMILES string of the molecule is CCNC(CC)c1ccccc1OCCCOCCOC. The van der Waals surface area contributed by atoms with Crippen molar-refractivity contribution in [3.8, 4) is 5.75 Å². The molecule has 1 aromatic carbocycles. The normalized spacial score (nSPS) is 12.3. The third-order valence-electron chi connectivity index (χ3n) is 3.28. The standard InChI is InChI=1S/C17H29NO3/c1-4-16(18-5-2)15-9-6-7-10-17(15)21-12-8-11-20-14-13-19-3/h6-7,9-10,16,18H,4-5,8,11-14H2,1-3H3. The number of ether oxygens (including phenoxy) is 3. The fourth-order valence-electron chi connectivity index (χ4n) is 2.21. The molecule has 0 heterocycles. The van der Waals surface area contributed by atoms with E-state index in [0.717, 1.165) is 25.1 Å². The van der Waals surface area contributed by atoms with Gasteiger partial charge in [0.25, 0.3) is 0 Å². The van der Waals surface area contributed by atoms with Gasteiger partial charge in [-0.25, -0.2) is 0 Å². The number of rotatable bonds is 12. The molecule has 0 saturated heterocycles. The molecule has 1 atom stereocenters. The molecular weight excluding hydrogens is 266 g/mol. The van der Waals surface area contributed by atoms with E-state index in [-0.39, 0.29) is 0 Å². The van der Waals surface area contributed by atoms with Gasteiger partial charge in [-0.15, -0.1) is 0 Å². The summed E-state index contributed by atoms with van der Waals surface area (Å²) in [6.45, 7) is 7.94. The maximum Gasteiger partial charge on any atom is 0.124 e. The van der Waals surface area contributed by atoms with Crippen molar-refractivity contribution < 1.29 is 14.2 Å². The fourth-order valence-corrected chi connectivity index (χ4v) is 2.21. The second-order valence-corrected chi connectivity index (χ2v) is 4.86. The Hall–Kier alpha value is -1.10. The van der Waals surface area contributed by atoms with Gasteiger partial charge in [0.1, 0.15) is 5.75 Å². The van der Waals surface area contributed by atoms with Crippen molar-refractivity contribution in [3.63, 3.8) is 0 Å². The van der Waals surface area contributed by atoms with Crippen molar-refractivity contribution >= 4 is 0 Å². The van der Waals surface area contributed by atoms with E-state index < -0.39 is 0 Å². The minimum Gasteiger partial charge on any atom is -0.493 e. The Morgan fingerprint density at radius 2 is 1.86 bits per heavy atom. The highest BCUT2D eigenvalue weighted by Gasteiger charge is 2.12. The number of methoxy groups -OCH3 is 1. The van der Waals surface area contributed by atoms with Crippen LogP contribution < -0.4 is 10.1 Å². The summed E-state index contributed by atoms with van der Waals surface area (Å²) in [6.07, 6.45) is 1.93. The molecule has 1 unspecified atom stereocenters. The van der Waals surface area contributed by atoms with Gasteiger partial charge in [0, 0.05) is 31.7 Å². The van der Waals surface area contributed by atoms with E-state index >= 15 is 0 Å². The highest BCUT2D eigenvalue weighted by Crippen LogP contribution is 2.27. The Morgan fingerprint density at radius 3 is 2.57 bits per heavy atom. The Balaban J connectivity index is 2.40. The van der Waals surface area contributed by atoms with Crippen LogP contribution in [0.1, 0.15) is 38.3 Å². The number of benzene rings is 1. The van der Waals surface area contributed by atoms with Gasteiger partial charge < -0.3 is 19.5 Å². The zero-order chi connectivity index (χ0) is 15.3. The summed E-state index contributed by atoms with van der Waals surface area (Å²) in [7, 11) is 1.68. The molecule has 21 heavy (non-hydrogen) atoms. The van der Waals surface area contributed by atoms with Gasteiger partial charge in [-0.05, 0) is 19.0 Å². The summed E-state index contributed by atoms with van der Waals surface area (Å²) >= 11 is 0. The molecule has 0 aliphatic rings. The highest BCUT2D eigenvalue weighted by atomic mass is 16.5. The first-order valence-electron chi connectivity index (χ1n) is 7.85. The fraction of sp³-hybridized carbons (Fsp3) is 0.647. The molecule has 0 radical (unpaired) electrons. The lowest BCUT2D eigenvalue weighted by Crippen LogP contribution is -2.21. The first kappa shape index (κ1) is 18.0. The second-order valence-electron chi connectivity index (χ2n) is 4.86. The first-order valence-corrected chi connectivity index (χ1v) is 7.85. The number of hydrogen-bond acceptors (Lipinski definition) is 4. The van der Waals surface area contributed by atoms with Gasteiger partial charge in [0.15, 0.2) is 0 Å². The Labute approximate surface area is 128 Å². The molecule has 120 valence electrons. The van der Waals surface area contributed by atoms with Gasteiger partial charge >= 0.3 is 0 Å². The maximum atomic E-state index is 5.92. The molecule has 0 aromatic heterocycles. The van der Waals surface area contributed by atoms with Crippen LogP contribution in [0.5, 0.6) is 5.75 Å². The van der Waals surface area contributed by atoms with Crippen LogP contribution in [-0.2, 0) is 9.47 Å². The number of hydrogen-bond donors (Lipinski definition) is 1. The van der Waals surface area contributed by atoms with E-state index in [1.807, 2.05) is 12.1 Å². The van der Waals surface area contributed by atoms with Crippen LogP contribution in [0.4, 0.5) is 0 Å². The third kappa shape index (κ3) is 6.93. The van der Waals surface area contributed by atoms with Crippen molar-refractivity contribution in [3.05, 3.63) is 29.8 Å². The predicted molar refractivity (Wildman–Crippen MR) is 86.0 cm³/mol. The molecule has 0 saturated carbocycles. The molecule has 0 bridgehead atoms. The smallest absolute Gasteiger partial charge is 0.124 e. The van der Waals surface area contributed by atoms with Crippen LogP contribution in [0.25, 0.3) is 0 Å². The molecule has 1 N–H and O–H groups in total. The second kappa shape index (κ2) is 11.5. The summed E-state index contributed by atoms with van der Waals surface area (Å²) in [6, 6.07) is 8.62. The molecule has 1 aromatic rings. The first-order chi connectivity index (χ1) is 10.3. The molecule has 4 nitrogen and oxygen atoms in total. The summed E-state index contributed by atoms with van der Waals surface area (Å²) in [5, 5.41) is 3.50. The average Bonchev–Trinajstić information content (AvgIpc) is 2.52. The number of nitrogens with one attached hydrogen (secondary N) is 1. The van der Waals surface area contributed by atoms with Crippen molar-refractivity contribution in [2.24, 2.45) is 0 Å². The third-order valence-corrected chi connectivity index (χ3v) is 3.28. The minimum atomic E-state index is 0.351. The van der Waals surface area contributed by atoms with Crippen LogP contribution >= 0.6 is 0 Å². The monoisotopic (exact) mass is 295 g/mol. The van der Waals surface area contributed by atoms with Gasteiger partial charge in [-0.1, -0.05) is 32.0 Å². The Morgan fingerprint density at radius 1 is 1.05 bits per heavy atom. The number of para-hydroxylation sites is 1. The topological polar surface area (TPSA) is 39.7 Å². The molecule has 4 heteroatoms. The van der Waals surface area contributed by atoms with Crippen LogP contribution in [-0.4, -0.2) is 40.1 Å². The minimum absolute atomic E-state index is 0.351. The van der Waals surface area contributed by atoms with Crippen molar-refractivity contribution in [1.82, 2.24) is 5.32 Å². The van der Waals surface area contributed by atoms with E-state index in [0.29, 0.717) is 32.5 Å². The lowest BCUT2D eigenvalue weighted by atomic mass is 10.0. The highest BCUT2D eigenvalue weighted by molar-refractivity contribution is 5.35. The predicted octanol–water partition coefficient (Wildman–Crippen LogP) is 3.18. The molecule has 0 fully saturated rings. The summed E-state index contributed by atoms with van der Waals surface area (Å²) in [5.74, 6) is 0.974. The van der Waals surface area contributed by atoms with Crippen molar-refractivity contribution in [2.75, 3.05) is 40.1 Å². The van der Waals surface area contributed by atoms with E-state index in [1.165, 1.54) is 5.56 Å². The van der Waals surface area contributed by atoms with Crippen LogP contribution in [0.15, 0.2) is 24.3 Å². The van der Waals surface area contributed by atoms with Crippen molar-refractivity contribution in [2.45, 2.75) is 32.7 Å². The molecule has 1 rings (SSSR count). The quantitative estimate of drug-likeness (QED) is 0.601. The van der Waals surface area contributed by atoms with E-state index in [9.17, 15) is 0 Å². The van der Waals surface area contributed by atoms with Gasteiger partial charge in [-0.3, -0.25) is 0 Å². The van der Waals surface area contributed by atoms with Crippen LogP contribution in [0.2, 0.25) is 0 Å². The molecular formula is C17H29NO3. The zero-order valence-corrected chi connectivity index (χ0v) is 13.6. The maximum absolute atomic E-state index is 5.92. The average molecular weight is 295 g/mol. The zero-order valence-electron chi connectivity index (χ0n) is 13.6. The van der Waals surface area contributed by atoms with Crippen molar-refractivity contribution in [1.29, 1.82) is 0 Å². The summed E-state index contributed by atoms with van der Waals surface area (Å²) in [4.78, 5) is 0. The molecule has 0 spiro atoms. The van der Waals surface area contributed by atoms with Gasteiger partial charge in [-0.2, -0.15) is 0 Å². The van der Waals surface area contributed by atoms with Crippen LogP contribution in [0.3, 0.4) is 0 Å². The lowest BCUT2D eigenvalue weighted by Gasteiger charge is -2.20. The largest absolute Gasteiger partial charge is 0.493 e. The van der Waals surface area contributed by atoms with E-state index in [2.05, 4.69) is 31.3 Å². The Kier molecular flexibility index (Phi) is 9.87. The summed E-state index contributed by atoms with van der Waals surface area (Å²) in [5.41, 5.74) is 1.24. The van der Waals surface area contributed by atoms with E-state index in [4.69, 9.17) is 14.2 Å². The van der Waals surface area contributed by atoms with E-state index in [1.54, 1.807) is 7.11 Å². The molecule has 0 amide bonds. The molecule has 0 aliphatic heterocycles. The van der Waals surface area contributed by atoms with Gasteiger partial charge in [0.05, 0.1) is 19.8 Å². The van der Waals surface area contributed by atoms with Gasteiger partial charge in [0.2, 0.25) is 0 Å².